The molecule has 0 spiro atoms. The van der Waals surface area contributed by atoms with E-state index in [0.29, 0.717) is 12.8 Å². The molecule has 0 rings (SSSR count). The summed E-state index contributed by atoms with van der Waals surface area (Å²) in [4.78, 5) is 10.3. The molecular formula is C16H33NaO5S. The molecule has 2 N–H and O–H groups in total. The van der Waals surface area contributed by atoms with Crippen molar-refractivity contribution in [3.63, 3.8) is 0 Å². The third-order valence-electron chi connectivity index (χ3n) is 3.79. The fourth-order valence-electron chi connectivity index (χ4n) is 2.51. The second-order valence-corrected chi connectivity index (χ2v) is 7.60. The maximum atomic E-state index is 10.5. The van der Waals surface area contributed by atoms with Crippen LogP contribution in [0.5, 0.6) is 0 Å². The molecule has 5 nitrogen and oxygen atoms in total. The molecule has 134 valence electrons. The standard InChI is InChI=1S/C16H32O5S.Na.H/c17-16(18)14-12-10-8-6-4-2-1-3-5-7-9-11-13-15-22(19,20)21;;/h1-15H2,(H,17,18)(H,19,20,21);;. The van der Waals surface area contributed by atoms with Gasteiger partial charge in [0, 0.05) is 6.42 Å². The summed E-state index contributed by atoms with van der Waals surface area (Å²) in [5, 5.41) is 8.50. The van der Waals surface area contributed by atoms with Crippen molar-refractivity contribution in [2.75, 3.05) is 5.75 Å². The van der Waals surface area contributed by atoms with Gasteiger partial charge < -0.3 is 5.11 Å². The first-order valence-corrected chi connectivity index (χ1v) is 10.2. The van der Waals surface area contributed by atoms with E-state index in [1.54, 1.807) is 0 Å². The molecule has 0 aromatic rings. The molecule has 0 saturated heterocycles. The molecule has 0 aliphatic heterocycles. The summed E-state index contributed by atoms with van der Waals surface area (Å²) in [6, 6.07) is 0. The van der Waals surface area contributed by atoms with Crippen molar-refractivity contribution in [2.45, 2.75) is 89.9 Å². The zero-order valence-electron chi connectivity index (χ0n) is 13.6. The van der Waals surface area contributed by atoms with Gasteiger partial charge in [0.1, 0.15) is 0 Å². The van der Waals surface area contributed by atoms with Crippen LogP contribution in [-0.2, 0) is 14.9 Å². The number of carboxylic acid groups (broad SMARTS) is 1. The van der Waals surface area contributed by atoms with Gasteiger partial charge in [-0.25, -0.2) is 0 Å². The van der Waals surface area contributed by atoms with E-state index < -0.39 is 16.1 Å². The fourth-order valence-corrected chi connectivity index (χ4v) is 3.07. The average Bonchev–Trinajstić information content (AvgIpc) is 2.41. The molecule has 0 aliphatic rings. The second-order valence-electron chi connectivity index (χ2n) is 6.03. The number of carboxylic acids is 1. The summed E-state index contributed by atoms with van der Waals surface area (Å²) in [6.07, 6.45) is 14.2. The van der Waals surface area contributed by atoms with Crippen LogP contribution in [0.3, 0.4) is 0 Å². The SMILES string of the molecule is O=C(O)CCCCCCCCCCCCCCCS(=O)(=O)O.[NaH]. The number of rotatable bonds is 16. The van der Waals surface area contributed by atoms with Crippen LogP contribution in [0, 0.1) is 0 Å². The third kappa shape index (κ3) is 24.7. The second kappa shape index (κ2) is 17.2. The number of hydrogen-bond donors (Lipinski definition) is 2. The van der Waals surface area contributed by atoms with Gasteiger partial charge in [0.15, 0.2) is 0 Å². The van der Waals surface area contributed by atoms with Crippen LogP contribution in [0.15, 0.2) is 0 Å². The average molecular weight is 360 g/mol. The Morgan fingerprint density at radius 3 is 1.26 bits per heavy atom. The molecule has 0 bridgehead atoms. The van der Waals surface area contributed by atoms with Crippen molar-refractivity contribution in [1.82, 2.24) is 0 Å². The Bertz CT molecular complexity index is 371. The summed E-state index contributed by atoms with van der Waals surface area (Å²) in [5.74, 6) is -0.808. The molecule has 23 heavy (non-hydrogen) atoms. The third-order valence-corrected chi connectivity index (χ3v) is 4.60. The van der Waals surface area contributed by atoms with Crippen LogP contribution < -0.4 is 0 Å². The Hall–Kier alpha value is 0.380. The molecule has 0 amide bonds. The van der Waals surface area contributed by atoms with Gasteiger partial charge in [-0.3, -0.25) is 9.35 Å². The van der Waals surface area contributed by atoms with E-state index in [9.17, 15) is 13.2 Å². The first-order valence-electron chi connectivity index (χ1n) is 8.59. The van der Waals surface area contributed by atoms with E-state index in [1.807, 2.05) is 0 Å². The van der Waals surface area contributed by atoms with E-state index in [1.165, 1.54) is 38.5 Å². The van der Waals surface area contributed by atoms with Gasteiger partial charge in [-0.15, -0.1) is 0 Å². The van der Waals surface area contributed by atoms with Crippen molar-refractivity contribution in [3.05, 3.63) is 0 Å². The van der Waals surface area contributed by atoms with Crippen molar-refractivity contribution >= 4 is 45.6 Å². The summed E-state index contributed by atoms with van der Waals surface area (Å²) >= 11 is 0. The van der Waals surface area contributed by atoms with Gasteiger partial charge in [0.25, 0.3) is 10.1 Å². The van der Waals surface area contributed by atoms with Crippen LogP contribution in [0.4, 0.5) is 0 Å². The van der Waals surface area contributed by atoms with Crippen molar-refractivity contribution in [3.8, 4) is 0 Å². The molecule has 0 aliphatic carbocycles. The van der Waals surface area contributed by atoms with Gasteiger partial charge in [0.05, 0.1) is 5.75 Å². The van der Waals surface area contributed by atoms with Gasteiger partial charge in [-0.2, -0.15) is 8.42 Å². The zero-order valence-corrected chi connectivity index (χ0v) is 14.5. The molecule has 0 aromatic heterocycles. The monoisotopic (exact) mass is 360 g/mol. The summed E-state index contributed by atoms with van der Waals surface area (Å²) in [5.41, 5.74) is 0. The number of unbranched alkanes of at least 4 members (excludes halogenated alkanes) is 12. The van der Waals surface area contributed by atoms with Crippen molar-refractivity contribution in [1.29, 1.82) is 0 Å². The molecule has 0 unspecified atom stereocenters. The van der Waals surface area contributed by atoms with Crippen LogP contribution in [0.25, 0.3) is 0 Å². The van der Waals surface area contributed by atoms with E-state index in [-0.39, 0.29) is 35.3 Å². The van der Waals surface area contributed by atoms with Crippen LogP contribution in [-0.4, -0.2) is 59.4 Å². The van der Waals surface area contributed by atoms with Gasteiger partial charge in [0.2, 0.25) is 0 Å². The molecule has 0 radical (unpaired) electrons. The van der Waals surface area contributed by atoms with E-state index in [2.05, 4.69) is 0 Å². The Kier molecular flexibility index (Phi) is 19.2. The van der Waals surface area contributed by atoms with Crippen molar-refractivity contribution in [2.24, 2.45) is 0 Å². The number of carbonyl (C=O) groups is 1. The van der Waals surface area contributed by atoms with Gasteiger partial charge in [-0.05, 0) is 12.8 Å². The van der Waals surface area contributed by atoms with Crippen LogP contribution >= 0.6 is 0 Å². The van der Waals surface area contributed by atoms with Crippen LogP contribution in [0.1, 0.15) is 89.9 Å². The summed E-state index contributed by atoms with van der Waals surface area (Å²) in [7, 11) is -3.77. The zero-order chi connectivity index (χ0) is 16.7. The molecule has 0 saturated carbocycles. The Morgan fingerprint density at radius 1 is 0.652 bits per heavy atom. The topological polar surface area (TPSA) is 91.7 Å². The summed E-state index contributed by atoms with van der Waals surface area (Å²) in [6.45, 7) is 0. The van der Waals surface area contributed by atoms with E-state index >= 15 is 0 Å². The predicted octanol–water partition coefficient (Wildman–Crippen LogP) is 3.77. The molecule has 7 heteroatoms. The van der Waals surface area contributed by atoms with Crippen LogP contribution in [0.2, 0.25) is 0 Å². The Morgan fingerprint density at radius 2 is 0.957 bits per heavy atom. The minimum atomic E-state index is -3.77. The number of hydrogen-bond acceptors (Lipinski definition) is 3. The Labute approximate surface area is 163 Å². The molecule has 0 fully saturated rings. The quantitative estimate of drug-likeness (QED) is 0.248. The first-order chi connectivity index (χ1) is 10.4. The van der Waals surface area contributed by atoms with Crippen molar-refractivity contribution < 1.29 is 22.9 Å². The predicted molar refractivity (Wildman–Crippen MR) is 95.8 cm³/mol. The maximum absolute atomic E-state index is 10.5. The first kappa shape index (κ1) is 25.6. The number of aliphatic carboxylic acids is 1. The normalized spacial score (nSPS) is 11.2. The fraction of sp³-hybridized carbons (Fsp3) is 0.938. The molecule has 0 heterocycles. The summed E-state index contributed by atoms with van der Waals surface area (Å²) < 4.78 is 29.6. The minimum absolute atomic E-state index is 0. The molecular weight excluding hydrogens is 327 g/mol. The van der Waals surface area contributed by atoms with E-state index in [0.717, 1.165) is 38.5 Å². The van der Waals surface area contributed by atoms with E-state index in [4.69, 9.17) is 9.66 Å². The van der Waals surface area contributed by atoms with Gasteiger partial charge in [-0.1, -0.05) is 70.6 Å². The Balaban J connectivity index is 0. The molecule has 0 atom stereocenters. The molecule has 0 aromatic carbocycles. The van der Waals surface area contributed by atoms with Gasteiger partial charge >= 0.3 is 35.5 Å².